The molecule has 0 saturated heterocycles. The summed E-state index contributed by atoms with van der Waals surface area (Å²) < 4.78 is 20.1. The molecule has 9 heteroatoms. The molecule has 5 rings (SSSR count). The van der Waals surface area contributed by atoms with Crippen LogP contribution >= 0.6 is 0 Å². The van der Waals surface area contributed by atoms with E-state index in [4.69, 9.17) is 4.74 Å². The fourth-order valence-corrected chi connectivity index (χ4v) is 4.18. The summed E-state index contributed by atoms with van der Waals surface area (Å²) in [5, 5.41) is 4.27. The second kappa shape index (κ2) is 9.07. The number of aromatic amines is 1. The van der Waals surface area contributed by atoms with Crippen LogP contribution in [0.15, 0.2) is 59.7 Å². The molecule has 0 atom stereocenters. The fraction of sp³-hybridized carbons (Fsp3) is 0.259. The summed E-state index contributed by atoms with van der Waals surface area (Å²) >= 11 is 0. The van der Waals surface area contributed by atoms with Gasteiger partial charge in [-0.3, -0.25) is 4.79 Å². The largest absolute Gasteiger partial charge is 0.444 e. The Kier molecular flexibility index (Phi) is 5.91. The third kappa shape index (κ3) is 4.91. The van der Waals surface area contributed by atoms with E-state index in [1.165, 1.54) is 0 Å². The van der Waals surface area contributed by atoms with Gasteiger partial charge in [-0.05, 0) is 74.0 Å². The van der Waals surface area contributed by atoms with Crippen LogP contribution in [0.1, 0.15) is 31.9 Å². The molecule has 1 aliphatic rings. The maximum atomic E-state index is 14.6. The van der Waals surface area contributed by atoms with Gasteiger partial charge in [-0.2, -0.15) is 0 Å². The zero-order valence-corrected chi connectivity index (χ0v) is 20.3. The number of ether oxygens (including phenoxy) is 1. The summed E-state index contributed by atoms with van der Waals surface area (Å²) in [6.07, 6.45) is 3.05. The van der Waals surface area contributed by atoms with Crippen molar-refractivity contribution >= 4 is 28.4 Å². The average molecular weight is 488 g/mol. The first-order valence-corrected chi connectivity index (χ1v) is 11.7. The number of rotatable bonds is 3. The van der Waals surface area contributed by atoms with Crippen LogP contribution in [0.25, 0.3) is 22.2 Å². The monoisotopic (exact) mass is 487 g/mol. The van der Waals surface area contributed by atoms with Gasteiger partial charge in [0, 0.05) is 35.9 Å². The maximum Gasteiger partial charge on any atom is 0.410 e. The number of H-pyrrole nitrogens is 1. The molecule has 2 aromatic heterocycles. The number of hydrogen-bond donors (Lipinski definition) is 2. The third-order valence-electron chi connectivity index (χ3n) is 5.91. The summed E-state index contributed by atoms with van der Waals surface area (Å²) in [7, 11) is 0. The van der Waals surface area contributed by atoms with Crippen molar-refractivity contribution in [2.75, 3.05) is 11.9 Å². The number of fused-ring (bicyclic) bond motifs is 2. The molecule has 0 fully saturated rings. The first-order valence-electron chi connectivity index (χ1n) is 11.7. The zero-order chi connectivity index (χ0) is 25.4. The fourth-order valence-electron chi connectivity index (χ4n) is 4.18. The van der Waals surface area contributed by atoms with Crippen molar-refractivity contribution in [1.82, 2.24) is 19.9 Å². The van der Waals surface area contributed by atoms with Gasteiger partial charge in [0.15, 0.2) is 17.5 Å². The molecule has 0 bridgehead atoms. The number of carbonyl (C=O) groups is 1. The third-order valence-corrected chi connectivity index (χ3v) is 5.91. The quantitative estimate of drug-likeness (QED) is 0.414. The molecule has 0 radical (unpaired) electrons. The van der Waals surface area contributed by atoms with Crippen LogP contribution in [0.4, 0.5) is 20.7 Å². The lowest BCUT2D eigenvalue weighted by atomic mass is 9.97. The number of halogens is 1. The van der Waals surface area contributed by atoms with E-state index >= 15 is 0 Å². The van der Waals surface area contributed by atoms with Crippen molar-refractivity contribution in [2.45, 2.75) is 39.3 Å². The number of amides is 1. The lowest BCUT2D eigenvalue weighted by Gasteiger charge is -2.31. The second-order valence-corrected chi connectivity index (χ2v) is 9.76. The molecular weight excluding hydrogens is 461 g/mol. The van der Waals surface area contributed by atoms with Crippen molar-refractivity contribution in [3.8, 4) is 11.4 Å². The predicted molar refractivity (Wildman–Crippen MR) is 136 cm³/mol. The second-order valence-electron chi connectivity index (χ2n) is 9.76. The Bertz CT molecular complexity index is 1530. The minimum Gasteiger partial charge on any atom is -0.444 e. The molecule has 2 N–H and O–H groups in total. The highest BCUT2D eigenvalue weighted by molar-refractivity contribution is 5.85. The number of nitrogens with one attached hydrogen (secondary N) is 2. The van der Waals surface area contributed by atoms with Crippen molar-refractivity contribution in [1.29, 1.82) is 0 Å². The number of benzene rings is 2. The molecule has 0 unspecified atom stereocenters. The van der Waals surface area contributed by atoms with Crippen LogP contribution in [-0.2, 0) is 17.7 Å². The molecule has 3 heterocycles. The van der Waals surface area contributed by atoms with E-state index in [2.05, 4.69) is 20.3 Å². The Balaban J connectivity index is 1.37. The molecule has 0 spiro atoms. The van der Waals surface area contributed by atoms with Gasteiger partial charge in [-0.25, -0.2) is 19.2 Å². The normalized spacial score (nSPS) is 13.4. The van der Waals surface area contributed by atoms with Crippen LogP contribution in [-0.4, -0.2) is 38.1 Å². The molecular formula is C27H26FN5O3. The minimum atomic E-state index is -0.587. The van der Waals surface area contributed by atoms with E-state index in [-0.39, 0.29) is 17.5 Å². The van der Waals surface area contributed by atoms with Gasteiger partial charge < -0.3 is 19.9 Å². The predicted octanol–water partition coefficient (Wildman–Crippen LogP) is 5.16. The maximum absolute atomic E-state index is 14.6. The van der Waals surface area contributed by atoms with E-state index < -0.39 is 11.4 Å². The standard InChI is InChI=1S/C27H26FN5O3/c1-27(2,3)36-26(35)33-11-9-16-12-18(4-5-19(16)15-33)23-30-14-22(28)24(32-23)31-20-6-7-21-17(13-20)8-10-29-25(21)34/h4-8,10,12-14H,9,11,15H2,1-3H3,(H,29,34)(H,30,31,32). The molecule has 8 nitrogen and oxygen atoms in total. The van der Waals surface area contributed by atoms with Gasteiger partial charge in [0.25, 0.3) is 5.56 Å². The van der Waals surface area contributed by atoms with Gasteiger partial charge in [0.1, 0.15) is 5.60 Å². The first kappa shape index (κ1) is 23.5. The van der Waals surface area contributed by atoms with E-state index in [0.717, 1.165) is 28.3 Å². The molecule has 2 aromatic carbocycles. The summed E-state index contributed by atoms with van der Waals surface area (Å²) in [6.45, 7) is 6.56. The van der Waals surface area contributed by atoms with Crippen LogP contribution in [0.2, 0.25) is 0 Å². The van der Waals surface area contributed by atoms with Gasteiger partial charge in [0.05, 0.1) is 6.20 Å². The number of anilines is 2. The summed E-state index contributed by atoms with van der Waals surface area (Å²) in [4.78, 5) is 37.3. The molecule has 4 aromatic rings. The Hall–Kier alpha value is -4.27. The van der Waals surface area contributed by atoms with Crippen molar-refractivity contribution in [3.05, 3.63) is 82.2 Å². The summed E-state index contributed by atoms with van der Waals surface area (Å²) in [5.41, 5.74) is 2.75. The van der Waals surface area contributed by atoms with Gasteiger partial charge >= 0.3 is 6.09 Å². The van der Waals surface area contributed by atoms with Gasteiger partial charge in [0.2, 0.25) is 0 Å². The average Bonchev–Trinajstić information content (AvgIpc) is 2.84. The van der Waals surface area contributed by atoms with E-state index in [9.17, 15) is 14.0 Å². The van der Waals surface area contributed by atoms with E-state index in [0.29, 0.717) is 36.4 Å². The highest BCUT2D eigenvalue weighted by Gasteiger charge is 2.26. The highest BCUT2D eigenvalue weighted by atomic mass is 19.1. The summed E-state index contributed by atoms with van der Waals surface area (Å²) in [6, 6.07) is 12.7. The van der Waals surface area contributed by atoms with Crippen molar-refractivity contribution in [2.24, 2.45) is 0 Å². The minimum absolute atomic E-state index is 0.0398. The zero-order valence-electron chi connectivity index (χ0n) is 20.3. The lowest BCUT2D eigenvalue weighted by molar-refractivity contribution is 0.0224. The van der Waals surface area contributed by atoms with Crippen LogP contribution < -0.4 is 10.9 Å². The highest BCUT2D eigenvalue weighted by Crippen LogP contribution is 2.28. The van der Waals surface area contributed by atoms with Crippen LogP contribution in [0.3, 0.4) is 0 Å². The number of hydrogen-bond acceptors (Lipinski definition) is 6. The molecule has 0 aliphatic carbocycles. The summed E-state index contributed by atoms with van der Waals surface area (Å²) in [5.74, 6) is -0.165. The lowest BCUT2D eigenvalue weighted by Crippen LogP contribution is -2.39. The number of carbonyl (C=O) groups excluding carboxylic acids is 1. The van der Waals surface area contributed by atoms with Crippen LogP contribution in [0, 0.1) is 5.82 Å². The number of pyridine rings is 1. The number of aromatic nitrogens is 3. The van der Waals surface area contributed by atoms with E-state index in [1.54, 1.807) is 35.4 Å². The van der Waals surface area contributed by atoms with Gasteiger partial charge in [-0.15, -0.1) is 0 Å². The van der Waals surface area contributed by atoms with E-state index in [1.807, 2.05) is 39.0 Å². The molecule has 1 aliphatic heterocycles. The Morgan fingerprint density at radius 3 is 2.78 bits per heavy atom. The molecule has 0 saturated carbocycles. The Morgan fingerprint density at radius 1 is 1.14 bits per heavy atom. The topological polar surface area (TPSA) is 100 Å². The van der Waals surface area contributed by atoms with Crippen molar-refractivity contribution < 1.29 is 13.9 Å². The smallest absolute Gasteiger partial charge is 0.410 e. The Morgan fingerprint density at radius 2 is 1.97 bits per heavy atom. The van der Waals surface area contributed by atoms with Crippen molar-refractivity contribution in [3.63, 3.8) is 0 Å². The number of nitrogens with zero attached hydrogens (tertiary/aromatic N) is 3. The first-order chi connectivity index (χ1) is 17.2. The SMILES string of the molecule is CC(C)(C)OC(=O)N1CCc2cc(-c3ncc(F)c(Nc4ccc5c(=O)[nH]ccc5c4)n3)ccc2C1. The Labute approximate surface area is 207 Å². The molecule has 184 valence electrons. The molecule has 1 amide bonds. The molecule has 36 heavy (non-hydrogen) atoms. The van der Waals surface area contributed by atoms with Gasteiger partial charge in [-0.1, -0.05) is 12.1 Å². The van der Waals surface area contributed by atoms with Crippen LogP contribution in [0.5, 0.6) is 0 Å².